The summed E-state index contributed by atoms with van der Waals surface area (Å²) in [6.45, 7) is 0. The number of aromatic amines is 1. The summed E-state index contributed by atoms with van der Waals surface area (Å²) < 4.78 is 16.9. The van der Waals surface area contributed by atoms with E-state index >= 15 is 0 Å². The Morgan fingerprint density at radius 3 is 2.71 bits per heavy atom. The number of nitrogens with one attached hydrogen (secondary N) is 1. The van der Waals surface area contributed by atoms with Gasteiger partial charge in [-0.15, -0.1) is 0 Å². The van der Waals surface area contributed by atoms with Gasteiger partial charge in [-0.2, -0.15) is 0 Å². The second-order valence-corrected chi connectivity index (χ2v) is 5.79. The van der Waals surface area contributed by atoms with Gasteiger partial charge in [0.1, 0.15) is 17.0 Å². The van der Waals surface area contributed by atoms with Crippen LogP contribution in [-0.2, 0) is 0 Å². The van der Waals surface area contributed by atoms with Gasteiger partial charge in [0.2, 0.25) is 11.5 Å². The van der Waals surface area contributed by atoms with Crippen molar-refractivity contribution in [3.05, 3.63) is 62.8 Å². The molecule has 4 aromatic rings. The number of rotatable bonds is 4. The van der Waals surface area contributed by atoms with Crippen LogP contribution in [0.4, 0.5) is 0 Å². The zero-order valence-corrected chi connectivity index (χ0v) is 14.7. The topological polar surface area (TPSA) is 136 Å². The molecule has 0 fully saturated rings. The molecule has 3 aromatic heterocycles. The lowest BCUT2D eigenvalue weighted by Gasteiger charge is -2.14. The molecule has 0 saturated heterocycles. The van der Waals surface area contributed by atoms with Crippen molar-refractivity contribution in [1.82, 2.24) is 14.4 Å². The molecule has 2 N–H and O–H groups in total. The number of phenols is 1. The van der Waals surface area contributed by atoms with Crippen molar-refractivity contribution in [3.63, 3.8) is 0 Å². The number of methoxy groups -OCH3 is 2. The van der Waals surface area contributed by atoms with Crippen LogP contribution in [0.25, 0.3) is 16.6 Å². The van der Waals surface area contributed by atoms with Crippen LogP contribution in [0, 0.1) is 0 Å². The van der Waals surface area contributed by atoms with Gasteiger partial charge >= 0.3 is 5.69 Å². The Hall–Kier alpha value is -4.08. The fourth-order valence-corrected chi connectivity index (χ4v) is 3.03. The van der Waals surface area contributed by atoms with Gasteiger partial charge in [-0.05, 0) is 6.07 Å². The molecule has 28 heavy (non-hydrogen) atoms. The number of hydrogen-bond acceptors (Lipinski definition) is 8. The Morgan fingerprint density at radius 2 is 2.00 bits per heavy atom. The van der Waals surface area contributed by atoms with Crippen LogP contribution in [0.2, 0.25) is 0 Å². The van der Waals surface area contributed by atoms with Crippen molar-refractivity contribution in [3.8, 4) is 17.2 Å². The molecule has 0 aliphatic heterocycles. The van der Waals surface area contributed by atoms with E-state index in [2.05, 4.69) is 9.97 Å². The van der Waals surface area contributed by atoms with Crippen molar-refractivity contribution in [2.24, 2.45) is 0 Å². The number of aromatic nitrogens is 3. The molecule has 142 valence electrons. The summed E-state index contributed by atoms with van der Waals surface area (Å²) in [5, 5.41) is 11.1. The minimum absolute atomic E-state index is 0.0138. The lowest BCUT2D eigenvalue weighted by Crippen LogP contribution is -2.26. The van der Waals surface area contributed by atoms with Gasteiger partial charge in [-0.3, -0.25) is 19.0 Å². The highest BCUT2D eigenvalue weighted by Gasteiger charge is 2.28. The molecule has 4 rings (SSSR count). The first kappa shape index (κ1) is 17.3. The number of fused-ring (bicyclic) bond motifs is 2. The number of carbonyl (C=O) groups is 1. The molecule has 0 bridgehead atoms. The van der Waals surface area contributed by atoms with E-state index in [9.17, 15) is 19.5 Å². The Labute approximate surface area is 155 Å². The van der Waals surface area contributed by atoms with E-state index in [0.29, 0.717) is 5.39 Å². The van der Waals surface area contributed by atoms with E-state index in [4.69, 9.17) is 13.9 Å². The minimum atomic E-state index is -0.747. The second kappa shape index (κ2) is 6.27. The normalized spacial score (nSPS) is 11.1. The molecule has 10 heteroatoms. The molecule has 10 nitrogen and oxygen atoms in total. The molecule has 0 atom stereocenters. The van der Waals surface area contributed by atoms with Gasteiger partial charge in [0.25, 0.3) is 5.56 Å². The predicted octanol–water partition coefficient (Wildman–Crippen LogP) is 1.08. The van der Waals surface area contributed by atoms with Gasteiger partial charge in [0, 0.05) is 18.5 Å². The molecule has 1 aromatic carbocycles. The first-order valence-electron chi connectivity index (χ1n) is 7.96. The number of furan rings is 1. The predicted molar refractivity (Wildman–Crippen MR) is 96.5 cm³/mol. The second-order valence-electron chi connectivity index (χ2n) is 5.79. The Balaban J connectivity index is 1.99. The molecular formula is C18H13N3O7. The highest BCUT2D eigenvalue weighted by molar-refractivity contribution is 6.16. The van der Waals surface area contributed by atoms with E-state index in [0.717, 1.165) is 10.5 Å². The van der Waals surface area contributed by atoms with Crippen molar-refractivity contribution in [2.75, 3.05) is 14.2 Å². The van der Waals surface area contributed by atoms with E-state index in [1.54, 1.807) is 6.07 Å². The van der Waals surface area contributed by atoms with Crippen LogP contribution in [0.5, 0.6) is 17.2 Å². The molecule has 0 aliphatic rings. The number of ether oxygens (including phenoxy) is 2. The largest absolute Gasteiger partial charge is 0.504 e. The summed E-state index contributed by atoms with van der Waals surface area (Å²) >= 11 is 0. The van der Waals surface area contributed by atoms with Gasteiger partial charge < -0.3 is 19.0 Å². The van der Waals surface area contributed by atoms with Gasteiger partial charge in [-0.1, -0.05) is 0 Å². The lowest BCUT2D eigenvalue weighted by atomic mass is 10.0. The first-order chi connectivity index (χ1) is 13.5. The number of phenolic OH excluding ortho intramolecular Hbond substituents is 1. The summed E-state index contributed by atoms with van der Waals surface area (Å²) in [5.41, 5.74) is -1.25. The Morgan fingerprint density at radius 1 is 1.25 bits per heavy atom. The highest BCUT2D eigenvalue weighted by atomic mass is 16.5. The van der Waals surface area contributed by atoms with Gasteiger partial charge in [0.15, 0.2) is 11.3 Å². The van der Waals surface area contributed by atoms with Crippen molar-refractivity contribution >= 4 is 22.4 Å². The highest BCUT2D eigenvalue weighted by Crippen LogP contribution is 2.46. The number of H-pyrrole nitrogens is 1. The maximum absolute atomic E-state index is 13.1. The number of benzene rings is 1. The fourth-order valence-electron chi connectivity index (χ4n) is 3.03. The SMILES string of the molecule is COc1c(C(=O)c2cnc3cc(=O)[nH]c(=O)n3c2)c(O)c(OC)c2occc12. The third kappa shape index (κ3) is 2.42. The fraction of sp³-hybridized carbons (Fsp3) is 0.111. The monoisotopic (exact) mass is 383 g/mol. The summed E-state index contributed by atoms with van der Waals surface area (Å²) in [4.78, 5) is 42.6. The van der Waals surface area contributed by atoms with Crippen LogP contribution >= 0.6 is 0 Å². The molecule has 0 unspecified atom stereocenters. The first-order valence-corrected chi connectivity index (χ1v) is 7.96. The van der Waals surface area contributed by atoms with Gasteiger partial charge in [0.05, 0.1) is 31.4 Å². The lowest BCUT2D eigenvalue weighted by molar-refractivity contribution is 0.103. The molecule has 0 saturated carbocycles. The summed E-state index contributed by atoms with van der Waals surface area (Å²) in [6.07, 6.45) is 3.78. The Bertz CT molecular complexity index is 1360. The van der Waals surface area contributed by atoms with Crippen molar-refractivity contribution in [2.45, 2.75) is 0 Å². The number of aromatic hydroxyl groups is 1. The van der Waals surface area contributed by atoms with E-state index in [1.807, 2.05) is 0 Å². The quantitative estimate of drug-likeness (QED) is 0.500. The molecule has 0 amide bonds. The molecule has 0 radical (unpaired) electrons. The van der Waals surface area contributed by atoms with Gasteiger partial charge in [-0.25, -0.2) is 9.78 Å². The van der Waals surface area contributed by atoms with Crippen LogP contribution < -0.4 is 20.7 Å². The van der Waals surface area contributed by atoms with Crippen LogP contribution in [0.15, 0.2) is 44.8 Å². The van der Waals surface area contributed by atoms with Crippen LogP contribution in [0.1, 0.15) is 15.9 Å². The number of nitrogens with zero attached hydrogens (tertiary/aromatic N) is 2. The molecule has 3 heterocycles. The van der Waals surface area contributed by atoms with Crippen molar-refractivity contribution < 1.29 is 23.8 Å². The number of ketones is 1. The summed E-state index contributed by atoms with van der Waals surface area (Å²) in [7, 11) is 2.67. The Kier molecular flexibility index (Phi) is 3.88. The maximum Gasteiger partial charge on any atom is 0.334 e. The number of hydrogen-bond donors (Lipinski definition) is 2. The molecule has 0 aliphatic carbocycles. The van der Waals surface area contributed by atoms with Crippen molar-refractivity contribution in [1.29, 1.82) is 0 Å². The third-order valence-corrected chi connectivity index (χ3v) is 4.25. The summed E-state index contributed by atoms with van der Waals surface area (Å²) in [6, 6.07) is 2.69. The molecule has 0 spiro atoms. The van der Waals surface area contributed by atoms with E-state index in [-0.39, 0.29) is 33.9 Å². The van der Waals surface area contributed by atoms with E-state index in [1.165, 1.54) is 32.9 Å². The average molecular weight is 383 g/mol. The number of carbonyl (C=O) groups excluding carboxylic acids is 1. The zero-order chi connectivity index (χ0) is 20.0. The standard InChI is InChI=1S/C18H13N3O7/c1-26-15-9-3-4-28-16(9)17(27-2)14(24)12(15)13(23)8-6-19-10-5-11(22)20-18(25)21(10)7-8/h3-7,24H,1-2H3,(H,20,22,25). The van der Waals surface area contributed by atoms with Crippen LogP contribution in [0.3, 0.4) is 0 Å². The minimum Gasteiger partial charge on any atom is -0.504 e. The maximum atomic E-state index is 13.1. The third-order valence-electron chi connectivity index (χ3n) is 4.25. The van der Waals surface area contributed by atoms with E-state index < -0.39 is 22.8 Å². The molecular weight excluding hydrogens is 370 g/mol. The zero-order valence-electron chi connectivity index (χ0n) is 14.7. The van der Waals surface area contributed by atoms with Crippen LogP contribution in [-0.4, -0.2) is 39.5 Å². The average Bonchev–Trinajstić information content (AvgIpc) is 3.15. The smallest absolute Gasteiger partial charge is 0.334 e. The summed E-state index contributed by atoms with van der Waals surface area (Å²) in [5.74, 6) is -1.08.